The van der Waals surface area contributed by atoms with Crippen LogP contribution in [0.2, 0.25) is 0 Å². The lowest BCUT2D eigenvalue weighted by Gasteiger charge is -2.22. The number of benzene rings is 1. The van der Waals surface area contributed by atoms with Gasteiger partial charge in [-0.25, -0.2) is 9.97 Å². The number of hydrogen-bond acceptors (Lipinski definition) is 5. The Labute approximate surface area is 99.4 Å². The van der Waals surface area contributed by atoms with Gasteiger partial charge in [-0.05, 0) is 18.6 Å². The van der Waals surface area contributed by atoms with Gasteiger partial charge in [0.1, 0.15) is 6.33 Å². The van der Waals surface area contributed by atoms with E-state index in [1.165, 1.54) is 0 Å². The van der Waals surface area contributed by atoms with E-state index < -0.39 is 5.66 Å². The topological polar surface area (TPSA) is 81.1 Å². The number of nitrogens with zero attached hydrogens (tertiary/aromatic N) is 3. The lowest BCUT2D eigenvalue weighted by molar-refractivity contribution is 0.495. The fourth-order valence-electron chi connectivity index (χ4n) is 2.33. The molecule has 17 heavy (non-hydrogen) atoms. The molecule has 2 heterocycles. The highest BCUT2D eigenvalue weighted by molar-refractivity contribution is 5.91. The van der Waals surface area contributed by atoms with Crippen LogP contribution in [0.15, 0.2) is 30.7 Å². The molecule has 1 aliphatic rings. The highest BCUT2D eigenvalue weighted by atomic mass is 15.2. The SMILES string of the molecule is NC1(N)CCN(c2cccc3ncncc23)C1. The third-order valence-electron chi connectivity index (χ3n) is 3.20. The summed E-state index contributed by atoms with van der Waals surface area (Å²) in [6.07, 6.45) is 4.20. The van der Waals surface area contributed by atoms with Crippen LogP contribution >= 0.6 is 0 Å². The van der Waals surface area contributed by atoms with Crippen LogP contribution in [-0.4, -0.2) is 28.7 Å². The van der Waals surface area contributed by atoms with Crippen molar-refractivity contribution in [1.29, 1.82) is 0 Å². The quantitative estimate of drug-likeness (QED) is 0.694. The average Bonchev–Trinajstić information content (AvgIpc) is 2.69. The summed E-state index contributed by atoms with van der Waals surface area (Å²) < 4.78 is 0. The molecule has 0 atom stereocenters. The summed E-state index contributed by atoms with van der Waals surface area (Å²) in [6.45, 7) is 1.54. The minimum Gasteiger partial charge on any atom is -0.368 e. The summed E-state index contributed by atoms with van der Waals surface area (Å²) in [5.41, 5.74) is 13.4. The van der Waals surface area contributed by atoms with Crippen molar-refractivity contribution in [2.75, 3.05) is 18.0 Å². The third-order valence-corrected chi connectivity index (χ3v) is 3.20. The molecule has 1 aromatic heterocycles. The molecule has 1 aliphatic heterocycles. The van der Waals surface area contributed by atoms with Gasteiger partial charge in [-0.1, -0.05) is 6.07 Å². The average molecular weight is 229 g/mol. The summed E-state index contributed by atoms with van der Waals surface area (Å²) in [7, 11) is 0. The summed E-state index contributed by atoms with van der Waals surface area (Å²) in [4.78, 5) is 10.5. The Balaban J connectivity index is 2.06. The van der Waals surface area contributed by atoms with Crippen LogP contribution in [0.3, 0.4) is 0 Å². The summed E-state index contributed by atoms with van der Waals surface area (Å²) in [6, 6.07) is 6.04. The highest BCUT2D eigenvalue weighted by Gasteiger charge is 2.31. The fourth-order valence-corrected chi connectivity index (χ4v) is 2.33. The molecule has 0 spiro atoms. The van der Waals surface area contributed by atoms with Crippen LogP contribution in [0, 0.1) is 0 Å². The van der Waals surface area contributed by atoms with Gasteiger partial charge in [-0.2, -0.15) is 0 Å². The molecule has 5 heteroatoms. The van der Waals surface area contributed by atoms with Crippen LogP contribution in [-0.2, 0) is 0 Å². The van der Waals surface area contributed by atoms with Crippen LogP contribution in [0.1, 0.15) is 6.42 Å². The predicted molar refractivity (Wildman–Crippen MR) is 67.5 cm³/mol. The minimum absolute atomic E-state index is 0.586. The summed E-state index contributed by atoms with van der Waals surface area (Å²) >= 11 is 0. The lowest BCUT2D eigenvalue weighted by atomic mass is 10.2. The Bertz CT molecular complexity index is 546. The van der Waals surface area contributed by atoms with E-state index >= 15 is 0 Å². The van der Waals surface area contributed by atoms with E-state index in [0.29, 0.717) is 6.54 Å². The first-order valence-corrected chi connectivity index (χ1v) is 5.67. The van der Waals surface area contributed by atoms with Gasteiger partial charge in [0.2, 0.25) is 0 Å². The van der Waals surface area contributed by atoms with Gasteiger partial charge in [0.05, 0.1) is 11.2 Å². The van der Waals surface area contributed by atoms with Gasteiger partial charge in [-0.3, -0.25) is 0 Å². The van der Waals surface area contributed by atoms with Crippen molar-refractivity contribution < 1.29 is 0 Å². The largest absolute Gasteiger partial charge is 0.368 e. The number of hydrogen-bond donors (Lipinski definition) is 2. The van der Waals surface area contributed by atoms with Crippen molar-refractivity contribution in [2.45, 2.75) is 12.1 Å². The van der Waals surface area contributed by atoms with E-state index in [1.807, 2.05) is 18.3 Å². The zero-order chi connectivity index (χ0) is 11.9. The Kier molecular flexibility index (Phi) is 2.24. The molecule has 1 fully saturated rings. The molecule has 5 nitrogen and oxygen atoms in total. The van der Waals surface area contributed by atoms with Gasteiger partial charge in [0.25, 0.3) is 0 Å². The molecule has 0 aliphatic carbocycles. The van der Waals surface area contributed by atoms with Gasteiger partial charge >= 0.3 is 0 Å². The van der Waals surface area contributed by atoms with E-state index in [4.69, 9.17) is 11.5 Å². The van der Waals surface area contributed by atoms with Crippen LogP contribution in [0.5, 0.6) is 0 Å². The number of anilines is 1. The maximum atomic E-state index is 5.95. The number of nitrogens with two attached hydrogens (primary N) is 2. The first kappa shape index (κ1) is 10.4. The molecule has 0 unspecified atom stereocenters. The maximum absolute atomic E-state index is 5.95. The molecule has 88 valence electrons. The van der Waals surface area contributed by atoms with Crippen LogP contribution in [0.4, 0.5) is 5.69 Å². The standard InChI is InChI=1S/C12H15N5/c13-12(14)4-5-17(7-12)11-3-1-2-10-9(11)6-15-8-16-10/h1-3,6,8H,4-5,7,13-14H2. The Morgan fingerprint density at radius 1 is 1.29 bits per heavy atom. The fraction of sp³-hybridized carbons (Fsp3) is 0.333. The van der Waals surface area contributed by atoms with E-state index in [1.54, 1.807) is 6.33 Å². The van der Waals surface area contributed by atoms with Crippen molar-refractivity contribution in [2.24, 2.45) is 11.5 Å². The molecule has 0 amide bonds. The molecule has 3 rings (SSSR count). The van der Waals surface area contributed by atoms with E-state index in [0.717, 1.165) is 29.6 Å². The maximum Gasteiger partial charge on any atom is 0.116 e. The Hall–Kier alpha value is -1.72. The minimum atomic E-state index is -0.586. The predicted octanol–water partition coefficient (Wildman–Crippen LogP) is 0.454. The van der Waals surface area contributed by atoms with E-state index in [2.05, 4.69) is 20.9 Å². The van der Waals surface area contributed by atoms with E-state index in [-0.39, 0.29) is 0 Å². The lowest BCUT2D eigenvalue weighted by Crippen LogP contribution is -2.51. The molecule has 1 saturated heterocycles. The number of aromatic nitrogens is 2. The Morgan fingerprint density at radius 2 is 2.18 bits per heavy atom. The second-order valence-corrected chi connectivity index (χ2v) is 4.64. The molecule has 2 aromatic rings. The first-order chi connectivity index (χ1) is 8.16. The highest BCUT2D eigenvalue weighted by Crippen LogP contribution is 2.28. The Morgan fingerprint density at radius 3 is 2.94 bits per heavy atom. The molecular weight excluding hydrogens is 214 g/mol. The van der Waals surface area contributed by atoms with Crippen molar-refractivity contribution in [3.05, 3.63) is 30.7 Å². The van der Waals surface area contributed by atoms with Crippen molar-refractivity contribution in [3.63, 3.8) is 0 Å². The summed E-state index contributed by atoms with van der Waals surface area (Å²) in [5.74, 6) is 0. The molecular formula is C12H15N5. The normalized spacial score (nSPS) is 18.8. The molecule has 0 radical (unpaired) electrons. The molecule has 0 bridgehead atoms. The molecule has 1 aromatic carbocycles. The van der Waals surface area contributed by atoms with Gasteiger partial charge in [0, 0.05) is 30.4 Å². The smallest absolute Gasteiger partial charge is 0.116 e. The number of fused-ring (bicyclic) bond motifs is 1. The van der Waals surface area contributed by atoms with Crippen LogP contribution in [0.25, 0.3) is 10.9 Å². The zero-order valence-electron chi connectivity index (χ0n) is 9.50. The van der Waals surface area contributed by atoms with Crippen molar-refractivity contribution >= 4 is 16.6 Å². The van der Waals surface area contributed by atoms with E-state index in [9.17, 15) is 0 Å². The monoisotopic (exact) mass is 229 g/mol. The van der Waals surface area contributed by atoms with Crippen molar-refractivity contribution in [3.8, 4) is 0 Å². The zero-order valence-corrected chi connectivity index (χ0v) is 9.50. The van der Waals surface area contributed by atoms with Crippen LogP contribution < -0.4 is 16.4 Å². The number of rotatable bonds is 1. The van der Waals surface area contributed by atoms with Gasteiger partial charge in [0.15, 0.2) is 0 Å². The molecule has 4 N–H and O–H groups in total. The van der Waals surface area contributed by atoms with Crippen molar-refractivity contribution in [1.82, 2.24) is 9.97 Å². The van der Waals surface area contributed by atoms with Gasteiger partial charge < -0.3 is 16.4 Å². The third kappa shape index (κ3) is 1.83. The summed E-state index contributed by atoms with van der Waals surface area (Å²) in [5, 5.41) is 1.05. The second kappa shape index (κ2) is 3.65. The molecule has 0 saturated carbocycles. The first-order valence-electron chi connectivity index (χ1n) is 5.67. The second-order valence-electron chi connectivity index (χ2n) is 4.64. The van der Waals surface area contributed by atoms with Gasteiger partial charge in [-0.15, -0.1) is 0 Å².